The second-order valence-corrected chi connectivity index (χ2v) is 9.75. The first kappa shape index (κ1) is 27.4. The third kappa shape index (κ3) is 8.50. The Bertz CT molecular complexity index is 1170. The molecule has 0 bridgehead atoms. The van der Waals surface area contributed by atoms with E-state index in [4.69, 9.17) is 33.0 Å². The fraction of sp³-hybridized carbons (Fsp3) is 0.333. The Morgan fingerprint density at radius 3 is 2.36 bits per heavy atom. The minimum Gasteiger partial charge on any atom is -0.481 e. The lowest BCUT2D eigenvalue weighted by molar-refractivity contribution is -0.137. The monoisotopic (exact) mass is 529 g/mol. The van der Waals surface area contributed by atoms with Crippen molar-refractivity contribution >= 4 is 40.6 Å². The van der Waals surface area contributed by atoms with E-state index >= 15 is 0 Å². The number of anilines is 1. The van der Waals surface area contributed by atoms with E-state index in [-0.39, 0.29) is 24.7 Å². The van der Waals surface area contributed by atoms with Crippen molar-refractivity contribution in [2.75, 3.05) is 11.9 Å². The van der Waals surface area contributed by atoms with Crippen molar-refractivity contribution in [3.63, 3.8) is 0 Å². The molecule has 0 aliphatic heterocycles. The van der Waals surface area contributed by atoms with Gasteiger partial charge in [-0.2, -0.15) is 0 Å². The highest BCUT2D eigenvalue weighted by Gasteiger charge is 2.14. The lowest BCUT2D eigenvalue weighted by atomic mass is 10.0. The summed E-state index contributed by atoms with van der Waals surface area (Å²) in [6, 6.07) is 16.0. The van der Waals surface area contributed by atoms with Crippen LogP contribution < -0.4 is 10.1 Å². The molecule has 0 fully saturated rings. The van der Waals surface area contributed by atoms with E-state index < -0.39 is 5.97 Å². The van der Waals surface area contributed by atoms with Crippen LogP contribution in [0.4, 0.5) is 5.69 Å². The SMILES string of the molecule is CC(C)C[C@@H](COc1ccc(-c2ccc(Cl)cc2Cl)nn1)Nc1ccc(C(=O)CCCC(=O)O)cc1. The summed E-state index contributed by atoms with van der Waals surface area (Å²) in [6.45, 7) is 4.65. The molecule has 1 heterocycles. The van der Waals surface area contributed by atoms with Crippen molar-refractivity contribution < 1.29 is 19.4 Å². The number of aliphatic carboxylic acids is 1. The molecule has 7 nitrogen and oxygen atoms in total. The molecule has 0 amide bonds. The largest absolute Gasteiger partial charge is 0.481 e. The average Bonchev–Trinajstić information content (AvgIpc) is 2.83. The van der Waals surface area contributed by atoms with Crippen molar-refractivity contribution in [1.29, 1.82) is 0 Å². The molecule has 2 N–H and O–H groups in total. The lowest BCUT2D eigenvalue weighted by Crippen LogP contribution is -2.29. The van der Waals surface area contributed by atoms with Gasteiger partial charge in [-0.15, -0.1) is 10.2 Å². The highest BCUT2D eigenvalue weighted by molar-refractivity contribution is 6.36. The molecule has 0 radical (unpaired) electrons. The topological polar surface area (TPSA) is 101 Å². The van der Waals surface area contributed by atoms with Gasteiger partial charge in [-0.05, 0) is 67.3 Å². The standard InChI is InChI=1S/C27H29Cl2N3O4/c1-17(2)14-21(30-20-9-6-18(7-10-20)25(33)4-3-5-27(34)35)16-36-26-13-12-24(31-32-26)22-11-8-19(28)15-23(22)29/h6-13,15,17,21,30H,3-5,14,16H2,1-2H3,(H,34,35)/t21-/m0/s1. The van der Waals surface area contributed by atoms with E-state index in [1.165, 1.54) is 0 Å². The van der Waals surface area contributed by atoms with E-state index in [0.29, 0.717) is 46.1 Å². The van der Waals surface area contributed by atoms with Crippen LogP contribution in [0.5, 0.6) is 5.88 Å². The number of carbonyl (C=O) groups excluding carboxylic acids is 1. The Morgan fingerprint density at radius 2 is 1.75 bits per heavy atom. The zero-order chi connectivity index (χ0) is 26.1. The maximum Gasteiger partial charge on any atom is 0.303 e. The number of benzene rings is 2. The molecule has 2 aromatic carbocycles. The van der Waals surface area contributed by atoms with Gasteiger partial charge in [0.05, 0.1) is 16.8 Å². The van der Waals surface area contributed by atoms with Crippen LogP contribution in [0, 0.1) is 5.92 Å². The molecule has 0 unspecified atom stereocenters. The second-order valence-electron chi connectivity index (χ2n) is 8.91. The van der Waals surface area contributed by atoms with Gasteiger partial charge in [0.15, 0.2) is 5.78 Å². The summed E-state index contributed by atoms with van der Waals surface area (Å²) in [7, 11) is 0. The summed E-state index contributed by atoms with van der Waals surface area (Å²) in [5, 5.41) is 21.7. The minimum absolute atomic E-state index is 0.00862. The molecule has 0 saturated heterocycles. The predicted octanol–water partition coefficient (Wildman–Crippen LogP) is 6.79. The maximum absolute atomic E-state index is 12.3. The number of ether oxygens (including phenoxy) is 1. The summed E-state index contributed by atoms with van der Waals surface area (Å²) < 4.78 is 5.91. The van der Waals surface area contributed by atoms with Crippen LogP contribution in [0.15, 0.2) is 54.6 Å². The number of rotatable bonds is 13. The normalized spacial score (nSPS) is 11.8. The molecule has 0 aliphatic rings. The number of carboxylic acid groups (broad SMARTS) is 1. The van der Waals surface area contributed by atoms with Gasteiger partial charge in [0, 0.05) is 40.7 Å². The molecule has 9 heteroatoms. The van der Waals surface area contributed by atoms with E-state index in [1.807, 2.05) is 12.1 Å². The number of aromatic nitrogens is 2. The van der Waals surface area contributed by atoms with Gasteiger partial charge in [0.25, 0.3) is 0 Å². The van der Waals surface area contributed by atoms with E-state index in [2.05, 4.69) is 29.4 Å². The van der Waals surface area contributed by atoms with Gasteiger partial charge in [0.2, 0.25) is 5.88 Å². The van der Waals surface area contributed by atoms with Crippen LogP contribution in [0.3, 0.4) is 0 Å². The maximum atomic E-state index is 12.3. The van der Waals surface area contributed by atoms with E-state index in [9.17, 15) is 9.59 Å². The highest BCUT2D eigenvalue weighted by atomic mass is 35.5. The number of carboxylic acids is 1. The molecule has 3 rings (SSSR count). The van der Waals surface area contributed by atoms with Crippen LogP contribution in [0.25, 0.3) is 11.3 Å². The van der Waals surface area contributed by atoms with Crippen LogP contribution in [-0.2, 0) is 4.79 Å². The smallest absolute Gasteiger partial charge is 0.303 e. The number of hydrogen-bond acceptors (Lipinski definition) is 6. The van der Waals surface area contributed by atoms with Crippen LogP contribution in [-0.4, -0.2) is 39.7 Å². The summed E-state index contributed by atoms with van der Waals surface area (Å²) in [5.41, 5.74) is 2.80. The number of ketones is 1. The van der Waals surface area contributed by atoms with Crippen molar-refractivity contribution in [2.45, 2.75) is 45.6 Å². The number of hydrogen-bond donors (Lipinski definition) is 2. The van der Waals surface area contributed by atoms with Gasteiger partial charge in [0.1, 0.15) is 6.61 Å². The molecule has 1 atom stereocenters. The van der Waals surface area contributed by atoms with Crippen molar-refractivity contribution in [3.05, 3.63) is 70.2 Å². The van der Waals surface area contributed by atoms with E-state index in [1.54, 1.807) is 42.5 Å². The number of halogens is 2. The number of nitrogens with zero attached hydrogens (tertiary/aromatic N) is 2. The first-order valence-corrected chi connectivity index (χ1v) is 12.5. The molecule has 0 aliphatic carbocycles. The van der Waals surface area contributed by atoms with Gasteiger partial charge in [-0.1, -0.05) is 37.0 Å². The average molecular weight is 530 g/mol. The van der Waals surface area contributed by atoms with Crippen LogP contribution >= 0.6 is 23.2 Å². The third-order valence-electron chi connectivity index (χ3n) is 5.41. The Morgan fingerprint density at radius 1 is 1.00 bits per heavy atom. The molecule has 3 aromatic rings. The number of carbonyl (C=O) groups is 2. The zero-order valence-corrected chi connectivity index (χ0v) is 21.7. The van der Waals surface area contributed by atoms with E-state index in [0.717, 1.165) is 17.7 Å². The molecule has 190 valence electrons. The second kappa shape index (κ2) is 13.2. The van der Waals surface area contributed by atoms with Crippen molar-refractivity contribution in [1.82, 2.24) is 10.2 Å². The van der Waals surface area contributed by atoms with Gasteiger partial charge >= 0.3 is 5.97 Å². The summed E-state index contributed by atoms with van der Waals surface area (Å²) in [5.74, 6) is -0.121. The van der Waals surface area contributed by atoms with Gasteiger partial charge < -0.3 is 15.2 Å². The van der Waals surface area contributed by atoms with Gasteiger partial charge in [-0.25, -0.2) is 0 Å². The number of nitrogens with one attached hydrogen (secondary N) is 1. The molecular formula is C27H29Cl2N3O4. The van der Waals surface area contributed by atoms with Crippen molar-refractivity contribution in [2.24, 2.45) is 5.92 Å². The zero-order valence-electron chi connectivity index (χ0n) is 20.2. The number of Topliss-reactive ketones (excluding diaryl/α,β-unsaturated/α-hetero) is 1. The van der Waals surface area contributed by atoms with Crippen molar-refractivity contribution in [3.8, 4) is 17.1 Å². The Balaban J connectivity index is 1.58. The summed E-state index contributed by atoms with van der Waals surface area (Å²) in [6.07, 6.45) is 1.40. The minimum atomic E-state index is -0.895. The molecule has 0 spiro atoms. The lowest BCUT2D eigenvalue weighted by Gasteiger charge is -2.22. The third-order valence-corrected chi connectivity index (χ3v) is 5.96. The first-order chi connectivity index (χ1) is 17.2. The Labute approximate surface area is 220 Å². The quantitative estimate of drug-likeness (QED) is 0.235. The Kier molecular flexibility index (Phi) is 10.1. The molecule has 36 heavy (non-hydrogen) atoms. The fourth-order valence-electron chi connectivity index (χ4n) is 3.69. The predicted molar refractivity (Wildman–Crippen MR) is 142 cm³/mol. The first-order valence-electron chi connectivity index (χ1n) is 11.7. The fourth-order valence-corrected chi connectivity index (χ4v) is 4.20. The van der Waals surface area contributed by atoms with Crippen LogP contribution in [0.1, 0.15) is 49.9 Å². The molecule has 0 saturated carbocycles. The highest BCUT2D eigenvalue weighted by Crippen LogP contribution is 2.29. The summed E-state index contributed by atoms with van der Waals surface area (Å²) >= 11 is 12.2. The molecular weight excluding hydrogens is 501 g/mol. The summed E-state index contributed by atoms with van der Waals surface area (Å²) in [4.78, 5) is 22.9. The molecule has 1 aromatic heterocycles. The van der Waals surface area contributed by atoms with Crippen LogP contribution in [0.2, 0.25) is 10.0 Å². The Hall–Kier alpha value is -3.16. The van der Waals surface area contributed by atoms with Gasteiger partial charge in [-0.3, -0.25) is 9.59 Å².